The first-order chi connectivity index (χ1) is 10.6. The minimum Gasteiger partial charge on any atom is -0.444 e. The molecule has 0 bridgehead atoms. The fraction of sp³-hybridized carbons (Fsp3) is 0.750. The van der Waals surface area contributed by atoms with Crippen LogP contribution in [0.25, 0.3) is 0 Å². The monoisotopic (exact) mass is 324 g/mol. The number of fused-ring (bicyclic) bond motifs is 1. The quantitative estimate of drug-likeness (QED) is 0.861. The Kier molecular flexibility index (Phi) is 4.61. The molecular formula is C16H28N4O3. The molecular weight excluding hydrogens is 296 g/mol. The zero-order chi connectivity index (χ0) is 17.4. The molecule has 7 nitrogen and oxygen atoms in total. The number of hydrogen-bond acceptors (Lipinski definition) is 5. The molecule has 0 spiro atoms. The summed E-state index contributed by atoms with van der Waals surface area (Å²) < 4.78 is 12.9. The highest BCUT2D eigenvalue weighted by Crippen LogP contribution is 2.41. The summed E-state index contributed by atoms with van der Waals surface area (Å²) in [4.78, 5) is 14.2. The molecule has 0 aliphatic carbocycles. The molecule has 0 saturated heterocycles. The fourth-order valence-electron chi connectivity index (χ4n) is 2.84. The van der Waals surface area contributed by atoms with Gasteiger partial charge < -0.3 is 15.2 Å². The summed E-state index contributed by atoms with van der Waals surface area (Å²) in [5, 5.41) is 4.36. The molecule has 2 rings (SSSR count). The van der Waals surface area contributed by atoms with Crippen LogP contribution in [-0.2, 0) is 28.3 Å². The van der Waals surface area contributed by atoms with Gasteiger partial charge in [0.15, 0.2) is 5.82 Å². The van der Waals surface area contributed by atoms with Crippen molar-refractivity contribution in [2.45, 2.75) is 72.4 Å². The maximum atomic E-state index is 12.5. The molecule has 0 radical (unpaired) electrons. The van der Waals surface area contributed by atoms with Crippen LogP contribution in [0, 0.1) is 0 Å². The molecule has 1 amide bonds. The van der Waals surface area contributed by atoms with Gasteiger partial charge in [0.05, 0.1) is 17.8 Å². The Balaban J connectivity index is 2.27. The van der Waals surface area contributed by atoms with Gasteiger partial charge in [0.2, 0.25) is 0 Å². The van der Waals surface area contributed by atoms with E-state index in [9.17, 15) is 4.79 Å². The van der Waals surface area contributed by atoms with Crippen LogP contribution in [0.2, 0.25) is 0 Å². The van der Waals surface area contributed by atoms with Crippen LogP contribution < -0.4 is 5.73 Å². The predicted octanol–water partition coefficient (Wildman–Crippen LogP) is 2.84. The lowest BCUT2D eigenvalue weighted by atomic mass is 10.0. The van der Waals surface area contributed by atoms with Crippen molar-refractivity contribution in [1.82, 2.24) is 14.7 Å². The van der Waals surface area contributed by atoms with Gasteiger partial charge in [-0.25, -0.2) is 9.48 Å². The van der Waals surface area contributed by atoms with Crippen molar-refractivity contribution in [3.63, 3.8) is 0 Å². The minimum absolute atomic E-state index is 0.332. The molecule has 0 fully saturated rings. The Bertz CT molecular complexity index is 587. The molecule has 0 saturated carbocycles. The molecule has 23 heavy (non-hydrogen) atoms. The van der Waals surface area contributed by atoms with Crippen LogP contribution in [-0.4, -0.2) is 33.0 Å². The highest BCUT2D eigenvalue weighted by molar-refractivity contribution is 5.72. The second kappa shape index (κ2) is 6.03. The van der Waals surface area contributed by atoms with E-state index in [1.54, 1.807) is 9.58 Å². The van der Waals surface area contributed by atoms with Gasteiger partial charge in [-0.1, -0.05) is 6.92 Å². The van der Waals surface area contributed by atoms with E-state index in [-0.39, 0.29) is 6.09 Å². The lowest BCUT2D eigenvalue weighted by Gasteiger charge is -2.34. The molecule has 1 aliphatic rings. The molecule has 1 aliphatic heterocycles. The lowest BCUT2D eigenvalue weighted by molar-refractivity contribution is 0.00178. The number of nitrogens with two attached hydrogens (primary N) is 1. The summed E-state index contributed by atoms with van der Waals surface area (Å²) in [6.45, 7) is 13.0. The predicted molar refractivity (Wildman–Crippen MR) is 87.7 cm³/mol. The third-order valence-corrected chi connectivity index (χ3v) is 3.83. The topological polar surface area (TPSA) is 82.6 Å². The largest absolute Gasteiger partial charge is 0.444 e. The van der Waals surface area contributed by atoms with Gasteiger partial charge in [-0.05, 0) is 41.0 Å². The van der Waals surface area contributed by atoms with Crippen LogP contribution in [0.4, 0.5) is 10.6 Å². The van der Waals surface area contributed by atoms with Crippen LogP contribution in [0.3, 0.4) is 0 Å². The number of anilines is 1. The first-order valence-electron chi connectivity index (χ1n) is 8.02. The van der Waals surface area contributed by atoms with E-state index in [0.29, 0.717) is 25.7 Å². The summed E-state index contributed by atoms with van der Waals surface area (Å²) in [7, 11) is 0. The van der Waals surface area contributed by atoms with E-state index < -0.39 is 11.1 Å². The molecule has 130 valence electrons. The Labute approximate surface area is 137 Å². The lowest BCUT2D eigenvalue weighted by Crippen LogP contribution is -2.44. The number of aromatic nitrogens is 2. The molecule has 0 atom stereocenters. The van der Waals surface area contributed by atoms with Crippen LogP contribution in [0.5, 0.6) is 0 Å². The third kappa shape index (κ3) is 3.44. The van der Waals surface area contributed by atoms with E-state index in [4.69, 9.17) is 15.2 Å². The number of hydrogen-bond donors (Lipinski definition) is 1. The smallest absolute Gasteiger partial charge is 0.411 e. The SMILES string of the molecule is CCCOCn1nc(N)c2c1C(C)(C)N(C(=O)OC(C)(C)C)C2. The van der Waals surface area contributed by atoms with Crippen molar-refractivity contribution in [2.75, 3.05) is 12.3 Å². The minimum atomic E-state index is -0.558. The van der Waals surface area contributed by atoms with E-state index in [1.165, 1.54) is 0 Å². The van der Waals surface area contributed by atoms with Crippen molar-refractivity contribution in [1.29, 1.82) is 0 Å². The Morgan fingerprint density at radius 2 is 2.04 bits per heavy atom. The number of rotatable bonds is 4. The Morgan fingerprint density at radius 1 is 1.39 bits per heavy atom. The van der Waals surface area contributed by atoms with Crippen LogP contribution in [0.1, 0.15) is 59.2 Å². The van der Waals surface area contributed by atoms with Crippen molar-refractivity contribution in [2.24, 2.45) is 0 Å². The number of ether oxygens (including phenoxy) is 2. The number of amides is 1. The second-order valence-electron chi connectivity index (χ2n) is 7.37. The summed E-state index contributed by atoms with van der Waals surface area (Å²) in [6, 6.07) is 0. The van der Waals surface area contributed by atoms with Gasteiger partial charge in [-0.3, -0.25) is 4.90 Å². The molecule has 2 N–H and O–H groups in total. The fourth-order valence-corrected chi connectivity index (χ4v) is 2.84. The summed E-state index contributed by atoms with van der Waals surface area (Å²) in [5.41, 5.74) is 6.74. The van der Waals surface area contributed by atoms with Gasteiger partial charge in [-0.15, -0.1) is 0 Å². The highest BCUT2D eigenvalue weighted by atomic mass is 16.6. The maximum absolute atomic E-state index is 12.5. The second-order valence-corrected chi connectivity index (χ2v) is 7.37. The van der Waals surface area contributed by atoms with Crippen molar-refractivity contribution in [3.8, 4) is 0 Å². The number of nitrogens with zero attached hydrogens (tertiary/aromatic N) is 3. The standard InChI is InChI=1S/C16H28N4O3/c1-7-8-22-10-20-12-11(13(17)18-20)9-19(16(12,5)6)14(21)23-15(2,3)4/h7-10H2,1-6H3,(H2,17,18). The third-order valence-electron chi connectivity index (χ3n) is 3.83. The highest BCUT2D eigenvalue weighted by Gasteiger charge is 2.46. The first kappa shape index (κ1) is 17.6. The number of carbonyl (C=O) groups excluding carboxylic acids is 1. The number of nitrogen functional groups attached to an aromatic ring is 1. The molecule has 0 unspecified atom stereocenters. The zero-order valence-corrected chi connectivity index (χ0v) is 15.0. The molecule has 1 aromatic heterocycles. The summed E-state index contributed by atoms with van der Waals surface area (Å²) in [5.74, 6) is 0.444. The Morgan fingerprint density at radius 3 is 2.61 bits per heavy atom. The average molecular weight is 324 g/mol. The Hall–Kier alpha value is -1.76. The zero-order valence-electron chi connectivity index (χ0n) is 15.0. The normalized spacial score (nSPS) is 16.5. The van der Waals surface area contributed by atoms with Crippen LogP contribution in [0.15, 0.2) is 0 Å². The number of carbonyl (C=O) groups is 1. The van der Waals surface area contributed by atoms with Gasteiger partial charge in [-0.2, -0.15) is 5.10 Å². The van der Waals surface area contributed by atoms with Crippen molar-refractivity contribution < 1.29 is 14.3 Å². The molecule has 1 aromatic rings. The molecule has 0 aromatic carbocycles. The average Bonchev–Trinajstić information content (AvgIpc) is 2.85. The molecule has 2 heterocycles. The van der Waals surface area contributed by atoms with Crippen molar-refractivity contribution >= 4 is 11.9 Å². The van der Waals surface area contributed by atoms with Gasteiger partial charge in [0.25, 0.3) is 0 Å². The first-order valence-corrected chi connectivity index (χ1v) is 8.02. The summed E-state index contributed by atoms with van der Waals surface area (Å²) >= 11 is 0. The van der Waals surface area contributed by atoms with Crippen molar-refractivity contribution in [3.05, 3.63) is 11.3 Å². The van der Waals surface area contributed by atoms with E-state index in [1.807, 2.05) is 34.6 Å². The maximum Gasteiger partial charge on any atom is 0.411 e. The van der Waals surface area contributed by atoms with E-state index in [0.717, 1.165) is 17.7 Å². The van der Waals surface area contributed by atoms with Gasteiger partial charge in [0.1, 0.15) is 12.3 Å². The van der Waals surface area contributed by atoms with Crippen LogP contribution >= 0.6 is 0 Å². The molecule has 7 heteroatoms. The van der Waals surface area contributed by atoms with E-state index in [2.05, 4.69) is 12.0 Å². The van der Waals surface area contributed by atoms with Gasteiger partial charge >= 0.3 is 6.09 Å². The van der Waals surface area contributed by atoms with E-state index >= 15 is 0 Å². The summed E-state index contributed by atoms with van der Waals surface area (Å²) in [6.07, 6.45) is 0.589. The van der Waals surface area contributed by atoms with Gasteiger partial charge in [0, 0.05) is 12.2 Å².